The first-order chi connectivity index (χ1) is 10.8. The first-order valence-corrected chi connectivity index (χ1v) is 8.67. The fourth-order valence-electron chi connectivity index (χ4n) is 3.68. The van der Waals surface area contributed by atoms with E-state index in [2.05, 4.69) is 33.7 Å². The van der Waals surface area contributed by atoms with Crippen molar-refractivity contribution in [2.24, 2.45) is 5.92 Å². The lowest BCUT2D eigenvalue weighted by atomic mass is 10.0. The Bertz CT molecular complexity index is 559. The summed E-state index contributed by atoms with van der Waals surface area (Å²) in [6, 6.07) is 7.06. The van der Waals surface area contributed by atoms with Gasteiger partial charge in [0.15, 0.2) is 0 Å². The molecule has 1 aromatic rings. The predicted octanol–water partition coefficient (Wildman–Crippen LogP) is 2.15. The Hall–Kier alpha value is -1.55. The monoisotopic (exact) mass is 299 g/mol. The van der Waals surface area contributed by atoms with Crippen LogP contribution in [0.3, 0.4) is 0 Å². The maximum absolute atomic E-state index is 11.8. The molecule has 3 aliphatic rings. The van der Waals surface area contributed by atoms with E-state index in [0.29, 0.717) is 17.9 Å². The van der Waals surface area contributed by atoms with Gasteiger partial charge in [0.25, 0.3) is 0 Å². The Labute approximate surface area is 132 Å². The standard InChI is InChI=1S/C18H25N3O/c22-18(14-4-5-14)20-16-7-10-21(11-8-16)12-15-3-1-2-13-6-9-19-17(13)15/h1-3,14,16,19H,4-12H2,(H,20,22). The molecule has 0 atom stereocenters. The van der Waals surface area contributed by atoms with Crippen molar-refractivity contribution in [1.82, 2.24) is 10.2 Å². The predicted molar refractivity (Wildman–Crippen MR) is 87.8 cm³/mol. The molecule has 0 bridgehead atoms. The second-order valence-corrected chi connectivity index (χ2v) is 6.96. The molecule has 1 aromatic carbocycles. The van der Waals surface area contributed by atoms with Crippen LogP contribution in [0, 0.1) is 5.92 Å². The zero-order valence-electron chi connectivity index (χ0n) is 13.1. The van der Waals surface area contributed by atoms with E-state index in [1.807, 2.05) is 0 Å². The van der Waals surface area contributed by atoms with E-state index in [1.165, 1.54) is 16.8 Å². The zero-order chi connectivity index (χ0) is 14.9. The van der Waals surface area contributed by atoms with E-state index in [0.717, 1.165) is 58.3 Å². The number of anilines is 1. The molecule has 0 radical (unpaired) electrons. The smallest absolute Gasteiger partial charge is 0.223 e. The lowest BCUT2D eigenvalue weighted by Gasteiger charge is -2.32. The number of carbonyl (C=O) groups is 1. The van der Waals surface area contributed by atoms with Gasteiger partial charge in [-0.1, -0.05) is 18.2 Å². The van der Waals surface area contributed by atoms with Gasteiger partial charge in [0, 0.05) is 43.8 Å². The molecule has 0 spiro atoms. The van der Waals surface area contributed by atoms with Crippen LogP contribution in [0.5, 0.6) is 0 Å². The van der Waals surface area contributed by atoms with Crippen LogP contribution in [0.4, 0.5) is 5.69 Å². The number of amides is 1. The SMILES string of the molecule is O=C(NC1CCN(Cc2cccc3c2NCC3)CC1)C1CC1. The number of fused-ring (bicyclic) bond motifs is 1. The van der Waals surface area contributed by atoms with E-state index in [1.54, 1.807) is 0 Å². The molecule has 1 amide bonds. The molecule has 0 unspecified atom stereocenters. The van der Waals surface area contributed by atoms with Gasteiger partial charge in [0.2, 0.25) is 5.91 Å². The van der Waals surface area contributed by atoms with Crippen molar-refractivity contribution >= 4 is 11.6 Å². The minimum Gasteiger partial charge on any atom is -0.384 e. The molecule has 0 aromatic heterocycles. The van der Waals surface area contributed by atoms with Gasteiger partial charge in [-0.25, -0.2) is 0 Å². The summed E-state index contributed by atoms with van der Waals surface area (Å²) in [6.45, 7) is 4.26. The minimum absolute atomic E-state index is 0.295. The number of hydrogen-bond acceptors (Lipinski definition) is 3. The Morgan fingerprint density at radius 2 is 2.05 bits per heavy atom. The molecule has 2 heterocycles. The van der Waals surface area contributed by atoms with Gasteiger partial charge >= 0.3 is 0 Å². The number of para-hydroxylation sites is 1. The van der Waals surface area contributed by atoms with E-state index >= 15 is 0 Å². The zero-order valence-corrected chi connectivity index (χ0v) is 13.1. The molecule has 4 nitrogen and oxygen atoms in total. The van der Waals surface area contributed by atoms with Gasteiger partial charge < -0.3 is 10.6 Å². The van der Waals surface area contributed by atoms with Crippen LogP contribution in [0.1, 0.15) is 36.8 Å². The quantitative estimate of drug-likeness (QED) is 0.895. The molecule has 2 fully saturated rings. The number of hydrogen-bond donors (Lipinski definition) is 2. The average molecular weight is 299 g/mol. The van der Waals surface area contributed by atoms with Crippen LogP contribution in [0.25, 0.3) is 0 Å². The van der Waals surface area contributed by atoms with Gasteiger partial charge in [0.05, 0.1) is 0 Å². The van der Waals surface area contributed by atoms with Crippen molar-refractivity contribution in [2.45, 2.75) is 44.7 Å². The van der Waals surface area contributed by atoms with Crippen LogP contribution in [-0.2, 0) is 17.8 Å². The summed E-state index contributed by atoms with van der Waals surface area (Å²) in [5.74, 6) is 0.625. The Morgan fingerprint density at radius 1 is 1.23 bits per heavy atom. The molecule has 4 heteroatoms. The van der Waals surface area contributed by atoms with Gasteiger partial charge in [-0.15, -0.1) is 0 Å². The minimum atomic E-state index is 0.295. The molecule has 1 saturated heterocycles. The highest BCUT2D eigenvalue weighted by Crippen LogP contribution is 2.30. The van der Waals surface area contributed by atoms with Crippen molar-refractivity contribution in [1.29, 1.82) is 0 Å². The second-order valence-electron chi connectivity index (χ2n) is 6.96. The van der Waals surface area contributed by atoms with Crippen molar-refractivity contribution in [3.63, 3.8) is 0 Å². The number of piperidine rings is 1. The molecular weight excluding hydrogens is 274 g/mol. The van der Waals surface area contributed by atoms with Gasteiger partial charge in [0.1, 0.15) is 0 Å². The summed E-state index contributed by atoms with van der Waals surface area (Å²) in [5.41, 5.74) is 4.26. The van der Waals surface area contributed by atoms with Crippen LogP contribution < -0.4 is 10.6 Å². The highest BCUT2D eigenvalue weighted by molar-refractivity contribution is 5.81. The summed E-state index contributed by atoms with van der Waals surface area (Å²) in [7, 11) is 0. The molecule has 4 rings (SSSR count). The van der Waals surface area contributed by atoms with Gasteiger partial charge in [-0.3, -0.25) is 9.69 Å². The number of carbonyl (C=O) groups excluding carboxylic acids is 1. The third kappa shape index (κ3) is 2.98. The van der Waals surface area contributed by atoms with E-state index in [-0.39, 0.29) is 0 Å². The Kier molecular flexibility index (Phi) is 3.78. The van der Waals surface area contributed by atoms with Gasteiger partial charge in [-0.05, 0) is 43.2 Å². The van der Waals surface area contributed by atoms with E-state index in [9.17, 15) is 4.79 Å². The molecule has 1 aliphatic carbocycles. The highest BCUT2D eigenvalue weighted by Gasteiger charge is 2.31. The average Bonchev–Trinajstić information content (AvgIpc) is 3.27. The Balaban J connectivity index is 1.31. The third-order valence-corrected chi connectivity index (χ3v) is 5.21. The third-order valence-electron chi connectivity index (χ3n) is 5.21. The number of nitrogens with zero attached hydrogens (tertiary/aromatic N) is 1. The molecule has 2 N–H and O–H groups in total. The lowest BCUT2D eigenvalue weighted by Crippen LogP contribution is -2.44. The van der Waals surface area contributed by atoms with Gasteiger partial charge in [-0.2, -0.15) is 0 Å². The van der Waals surface area contributed by atoms with E-state index in [4.69, 9.17) is 0 Å². The molecular formula is C18H25N3O. The number of likely N-dealkylation sites (tertiary alicyclic amines) is 1. The van der Waals surface area contributed by atoms with Crippen LogP contribution in [0.2, 0.25) is 0 Å². The van der Waals surface area contributed by atoms with Crippen molar-refractivity contribution < 1.29 is 4.79 Å². The molecule has 1 saturated carbocycles. The topological polar surface area (TPSA) is 44.4 Å². The first-order valence-electron chi connectivity index (χ1n) is 8.67. The van der Waals surface area contributed by atoms with Crippen LogP contribution in [-0.4, -0.2) is 36.5 Å². The maximum atomic E-state index is 11.8. The number of rotatable bonds is 4. The fourth-order valence-corrected chi connectivity index (χ4v) is 3.68. The maximum Gasteiger partial charge on any atom is 0.223 e. The van der Waals surface area contributed by atoms with Crippen LogP contribution >= 0.6 is 0 Å². The first kappa shape index (κ1) is 14.1. The number of nitrogens with one attached hydrogen (secondary N) is 2. The second kappa shape index (κ2) is 5.92. The molecule has 118 valence electrons. The van der Waals surface area contributed by atoms with Crippen LogP contribution in [0.15, 0.2) is 18.2 Å². The fraction of sp³-hybridized carbons (Fsp3) is 0.611. The normalized spacial score (nSPS) is 22.2. The highest BCUT2D eigenvalue weighted by atomic mass is 16.2. The largest absolute Gasteiger partial charge is 0.384 e. The summed E-state index contributed by atoms with van der Waals surface area (Å²) < 4.78 is 0. The lowest BCUT2D eigenvalue weighted by molar-refractivity contribution is -0.123. The number of benzene rings is 1. The summed E-state index contributed by atoms with van der Waals surface area (Å²) in [4.78, 5) is 14.4. The summed E-state index contributed by atoms with van der Waals surface area (Å²) >= 11 is 0. The van der Waals surface area contributed by atoms with Crippen molar-refractivity contribution in [3.05, 3.63) is 29.3 Å². The summed E-state index contributed by atoms with van der Waals surface area (Å²) in [5, 5.41) is 6.76. The Morgan fingerprint density at radius 3 is 2.82 bits per heavy atom. The van der Waals surface area contributed by atoms with Crippen molar-refractivity contribution in [3.8, 4) is 0 Å². The van der Waals surface area contributed by atoms with Crippen molar-refractivity contribution in [2.75, 3.05) is 25.0 Å². The molecule has 22 heavy (non-hydrogen) atoms. The van der Waals surface area contributed by atoms with E-state index < -0.39 is 0 Å². The summed E-state index contributed by atoms with van der Waals surface area (Å²) in [6.07, 6.45) is 5.51. The molecule has 2 aliphatic heterocycles.